The van der Waals surface area contributed by atoms with E-state index in [0.29, 0.717) is 6.04 Å². The highest BCUT2D eigenvalue weighted by atomic mass is 19.1. The Kier molecular flexibility index (Phi) is 3.75. The van der Waals surface area contributed by atoms with Crippen LogP contribution in [0.2, 0.25) is 0 Å². The average molecular weight is 222 g/mol. The van der Waals surface area contributed by atoms with Crippen LogP contribution in [0.25, 0.3) is 0 Å². The number of pyridine rings is 1. The van der Waals surface area contributed by atoms with Gasteiger partial charge < -0.3 is 5.32 Å². The van der Waals surface area contributed by atoms with Gasteiger partial charge in [0.25, 0.3) is 0 Å². The zero-order valence-corrected chi connectivity index (χ0v) is 9.75. The summed E-state index contributed by atoms with van der Waals surface area (Å²) in [4.78, 5) is 4.03. The van der Waals surface area contributed by atoms with Gasteiger partial charge in [-0.15, -0.1) is 0 Å². The van der Waals surface area contributed by atoms with E-state index in [1.807, 2.05) is 0 Å². The summed E-state index contributed by atoms with van der Waals surface area (Å²) < 4.78 is 12.7. The highest BCUT2D eigenvalue weighted by Gasteiger charge is 2.19. The van der Waals surface area contributed by atoms with E-state index in [-0.39, 0.29) is 5.82 Å². The minimum absolute atomic E-state index is 0.282. The monoisotopic (exact) mass is 222 g/mol. The zero-order chi connectivity index (χ0) is 11.4. The van der Waals surface area contributed by atoms with Crippen LogP contribution in [0, 0.1) is 11.7 Å². The van der Waals surface area contributed by atoms with E-state index in [0.717, 1.165) is 11.7 Å². The topological polar surface area (TPSA) is 24.9 Å². The molecule has 0 spiro atoms. The molecule has 88 valence electrons. The van der Waals surface area contributed by atoms with Gasteiger partial charge in [0, 0.05) is 6.04 Å². The van der Waals surface area contributed by atoms with Crippen molar-refractivity contribution in [1.29, 1.82) is 0 Å². The van der Waals surface area contributed by atoms with Gasteiger partial charge in [0.05, 0.1) is 6.20 Å². The lowest BCUT2D eigenvalue weighted by Gasteiger charge is -2.28. The van der Waals surface area contributed by atoms with E-state index in [9.17, 15) is 4.39 Å². The second kappa shape index (κ2) is 5.28. The molecule has 1 heterocycles. The average Bonchev–Trinajstić information content (AvgIpc) is 2.33. The zero-order valence-electron chi connectivity index (χ0n) is 9.75. The number of aromatic nitrogens is 1. The quantitative estimate of drug-likeness (QED) is 0.845. The fraction of sp³-hybridized carbons (Fsp3) is 0.615. The molecule has 1 N–H and O–H groups in total. The molecule has 0 aromatic carbocycles. The second-order valence-electron chi connectivity index (χ2n) is 4.69. The smallest absolute Gasteiger partial charge is 0.141 e. The Hall–Kier alpha value is -1.12. The first-order valence-electron chi connectivity index (χ1n) is 6.14. The van der Waals surface area contributed by atoms with Crippen LogP contribution in [0.15, 0.2) is 18.3 Å². The van der Waals surface area contributed by atoms with Gasteiger partial charge in [-0.25, -0.2) is 9.37 Å². The summed E-state index contributed by atoms with van der Waals surface area (Å²) in [5.41, 5.74) is 0. The molecule has 0 bridgehead atoms. The molecule has 2 nitrogen and oxygen atoms in total. The van der Waals surface area contributed by atoms with Crippen molar-refractivity contribution in [3.8, 4) is 0 Å². The summed E-state index contributed by atoms with van der Waals surface area (Å²) in [5, 5.41) is 3.36. The van der Waals surface area contributed by atoms with Gasteiger partial charge in [-0.2, -0.15) is 0 Å². The Balaban J connectivity index is 1.90. The van der Waals surface area contributed by atoms with Crippen LogP contribution in [-0.2, 0) is 0 Å². The molecule has 1 atom stereocenters. The predicted octanol–water partition coefficient (Wildman–Crippen LogP) is 3.60. The third-order valence-electron chi connectivity index (χ3n) is 3.46. The van der Waals surface area contributed by atoms with E-state index >= 15 is 0 Å². The SMILES string of the molecule is CC(Nc1ccc(F)cn1)C1CCCCC1. The van der Waals surface area contributed by atoms with Crippen LogP contribution in [0.3, 0.4) is 0 Å². The minimum Gasteiger partial charge on any atom is -0.367 e. The number of anilines is 1. The first-order chi connectivity index (χ1) is 7.75. The number of nitrogens with zero attached hydrogens (tertiary/aromatic N) is 1. The summed E-state index contributed by atoms with van der Waals surface area (Å²) >= 11 is 0. The molecule has 1 aliphatic carbocycles. The number of hydrogen-bond acceptors (Lipinski definition) is 2. The molecule has 0 aliphatic heterocycles. The Morgan fingerprint density at radius 2 is 2.06 bits per heavy atom. The maximum Gasteiger partial charge on any atom is 0.141 e. The van der Waals surface area contributed by atoms with Crippen molar-refractivity contribution in [3.63, 3.8) is 0 Å². The molecule has 0 saturated heterocycles. The number of nitrogens with one attached hydrogen (secondary N) is 1. The predicted molar refractivity (Wildman–Crippen MR) is 63.9 cm³/mol. The van der Waals surface area contributed by atoms with Crippen LogP contribution < -0.4 is 5.32 Å². The molecule has 0 amide bonds. The van der Waals surface area contributed by atoms with Crippen LogP contribution >= 0.6 is 0 Å². The van der Waals surface area contributed by atoms with Gasteiger partial charge in [-0.05, 0) is 37.8 Å². The third kappa shape index (κ3) is 2.94. The largest absolute Gasteiger partial charge is 0.367 e. The maximum atomic E-state index is 12.7. The van der Waals surface area contributed by atoms with Gasteiger partial charge in [-0.3, -0.25) is 0 Å². The molecule has 2 rings (SSSR count). The molecule has 16 heavy (non-hydrogen) atoms. The van der Waals surface area contributed by atoms with Crippen molar-refractivity contribution in [2.75, 3.05) is 5.32 Å². The van der Waals surface area contributed by atoms with Crippen LogP contribution in [0.5, 0.6) is 0 Å². The van der Waals surface area contributed by atoms with E-state index in [2.05, 4.69) is 17.2 Å². The fourth-order valence-corrected chi connectivity index (χ4v) is 2.45. The van der Waals surface area contributed by atoms with Crippen LogP contribution in [0.4, 0.5) is 10.2 Å². The van der Waals surface area contributed by atoms with Gasteiger partial charge >= 0.3 is 0 Å². The molecule has 1 saturated carbocycles. The lowest BCUT2D eigenvalue weighted by atomic mass is 9.84. The van der Waals surface area contributed by atoms with Crippen molar-refractivity contribution in [2.45, 2.75) is 45.1 Å². The van der Waals surface area contributed by atoms with Gasteiger partial charge in [0.2, 0.25) is 0 Å². The summed E-state index contributed by atoms with van der Waals surface area (Å²) in [6.45, 7) is 2.20. The highest BCUT2D eigenvalue weighted by Crippen LogP contribution is 2.27. The molecule has 1 aromatic rings. The first-order valence-corrected chi connectivity index (χ1v) is 6.14. The van der Waals surface area contributed by atoms with Crippen molar-refractivity contribution in [1.82, 2.24) is 4.98 Å². The van der Waals surface area contributed by atoms with Gasteiger partial charge in [0.1, 0.15) is 11.6 Å². The lowest BCUT2D eigenvalue weighted by molar-refractivity contribution is 0.328. The molecule has 1 aliphatic rings. The van der Waals surface area contributed by atoms with E-state index in [1.165, 1.54) is 44.4 Å². The summed E-state index contributed by atoms with van der Waals surface area (Å²) in [6.07, 6.45) is 7.92. The fourth-order valence-electron chi connectivity index (χ4n) is 2.45. The summed E-state index contributed by atoms with van der Waals surface area (Å²) in [5.74, 6) is 1.23. The molecule has 3 heteroatoms. The second-order valence-corrected chi connectivity index (χ2v) is 4.69. The van der Waals surface area contributed by atoms with E-state index in [1.54, 1.807) is 6.07 Å². The Labute approximate surface area is 96.3 Å². The Bertz CT molecular complexity index is 317. The van der Waals surface area contributed by atoms with Gasteiger partial charge in [-0.1, -0.05) is 19.3 Å². The standard InChI is InChI=1S/C13H19FN2/c1-10(11-5-3-2-4-6-11)16-13-8-7-12(14)9-15-13/h7-11H,2-6H2,1H3,(H,15,16). The van der Waals surface area contributed by atoms with Crippen molar-refractivity contribution >= 4 is 5.82 Å². The van der Waals surface area contributed by atoms with E-state index < -0.39 is 0 Å². The Morgan fingerprint density at radius 3 is 2.69 bits per heavy atom. The summed E-state index contributed by atoms with van der Waals surface area (Å²) in [7, 11) is 0. The summed E-state index contributed by atoms with van der Waals surface area (Å²) in [6, 6.07) is 3.58. The highest BCUT2D eigenvalue weighted by molar-refractivity contribution is 5.34. The van der Waals surface area contributed by atoms with Crippen molar-refractivity contribution < 1.29 is 4.39 Å². The minimum atomic E-state index is -0.282. The number of hydrogen-bond donors (Lipinski definition) is 1. The molecule has 1 aromatic heterocycles. The number of rotatable bonds is 3. The molecule has 1 fully saturated rings. The maximum absolute atomic E-state index is 12.7. The van der Waals surface area contributed by atoms with Crippen LogP contribution in [-0.4, -0.2) is 11.0 Å². The number of halogens is 1. The van der Waals surface area contributed by atoms with Gasteiger partial charge in [0.15, 0.2) is 0 Å². The molecule has 1 unspecified atom stereocenters. The molecular formula is C13H19FN2. The van der Waals surface area contributed by atoms with Crippen LogP contribution in [0.1, 0.15) is 39.0 Å². The molecule has 0 radical (unpaired) electrons. The lowest BCUT2D eigenvalue weighted by Crippen LogP contribution is -2.28. The third-order valence-corrected chi connectivity index (χ3v) is 3.46. The van der Waals surface area contributed by atoms with Crippen molar-refractivity contribution in [2.24, 2.45) is 5.92 Å². The first kappa shape index (κ1) is 11.4. The normalized spacial score (nSPS) is 19.4. The molecular weight excluding hydrogens is 203 g/mol. The van der Waals surface area contributed by atoms with E-state index in [4.69, 9.17) is 0 Å². The Morgan fingerprint density at radius 1 is 1.31 bits per heavy atom. The van der Waals surface area contributed by atoms with Crippen molar-refractivity contribution in [3.05, 3.63) is 24.1 Å².